The van der Waals surface area contributed by atoms with Gasteiger partial charge in [-0.25, -0.2) is 9.29 Å². The molecule has 8 nitrogen and oxygen atoms in total. The van der Waals surface area contributed by atoms with Gasteiger partial charge in [0.1, 0.15) is 5.82 Å². The third-order valence-electron chi connectivity index (χ3n) is 10.1. The second-order valence-electron chi connectivity index (χ2n) is 12.2. The number of carbonyl (C=O) groups is 4. The van der Waals surface area contributed by atoms with Gasteiger partial charge in [-0.2, -0.15) is 0 Å². The molecule has 2 heterocycles. The molecule has 2 aliphatic carbocycles. The maximum Gasteiger partial charge on any atom is 0.241 e. The Kier molecular flexibility index (Phi) is 6.83. The summed E-state index contributed by atoms with van der Waals surface area (Å²) < 4.78 is 19.5. The number of fused-ring (bicyclic) bond motifs is 4. The van der Waals surface area contributed by atoms with Crippen molar-refractivity contribution in [1.29, 1.82) is 0 Å². The summed E-state index contributed by atoms with van der Waals surface area (Å²) in [4.78, 5) is 58.8. The number of carbonyl (C=O) groups excluding carboxylic acids is 4. The van der Waals surface area contributed by atoms with Gasteiger partial charge in [0.15, 0.2) is 11.5 Å². The predicted octanol–water partition coefficient (Wildman–Crippen LogP) is 6.28. The molecule has 0 spiro atoms. The fourth-order valence-corrected chi connectivity index (χ4v) is 8.41. The predicted molar refractivity (Wildman–Crippen MR) is 165 cm³/mol. The van der Waals surface area contributed by atoms with E-state index in [0.29, 0.717) is 11.3 Å². The Bertz CT molecular complexity index is 1850. The number of halogens is 3. The Morgan fingerprint density at radius 1 is 0.889 bits per heavy atom. The maximum absolute atomic E-state index is 14.5. The van der Waals surface area contributed by atoms with E-state index in [1.165, 1.54) is 30.2 Å². The quantitative estimate of drug-likeness (QED) is 0.264. The van der Waals surface area contributed by atoms with Crippen molar-refractivity contribution < 1.29 is 33.4 Å². The van der Waals surface area contributed by atoms with E-state index in [4.69, 9.17) is 27.9 Å². The first-order valence-corrected chi connectivity index (χ1v) is 15.3. The Morgan fingerprint density at radius 2 is 1.62 bits per heavy atom. The fourth-order valence-electron chi connectivity index (χ4n) is 8.01. The van der Waals surface area contributed by atoms with Crippen molar-refractivity contribution in [2.75, 3.05) is 16.9 Å². The van der Waals surface area contributed by atoms with Gasteiger partial charge in [0.25, 0.3) is 0 Å². The van der Waals surface area contributed by atoms with Gasteiger partial charge in [-0.05, 0) is 73.7 Å². The standard InChI is InChI=1S/C34H27Cl2FN2O6/c1-34-22(31(42)39(33(34)44)18-8-11-25(37)23(35)14-18)15-21-19(28(34)16-12-24(36)29(40)26(13-16)45-2)9-10-20-27(21)32(43)38(30(20)41)17-6-4-3-5-7-17/h3-9,11-14,20-22,27-28,40H,10,15H2,1-2H3. The summed E-state index contributed by atoms with van der Waals surface area (Å²) in [6.45, 7) is 1.71. The lowest BCUT2D eigenvalue weighted by atomic mass is 9.51. The highest BCUT2D eigenvalue weighted by Gasteiger charge is 2.67. The van der Waals surface area contributed by atoms with Gasteiger partial charge in [0, 0.05) is 5.92 Å². The van der Waals surface area contributed by atoms with Crippen LogP contribution in [-0.4, -0.2) is 35.8 Å². The molecule has 3 aromatic rings. The van der Waals surface area contributed by atoms with Crippen LogP contribution in [0.4, 0.5) is 15.8 Å². The molecule has 6 atom stereocenters. The van der Waals surface area contributed by atoms with Crippen molar-refractivity contribution in [1.82, 2.24) is 0 Å². The van der Waals surface area contributed by atoms with Crippen molar-refractivity contribution in [2.24, 2.45) is 29.1 Å². The van der Waals surface area contributed by atoms with Gasteiger partial charge < -0.3 is 9.84 Å². The van der Waals surface area contributed by atoms with E-state index in [9.17, 15) is 28.7 Å². The Balaban J connectivity index is 1.40. The summed E-state index contributed by atoms with van der Waals surface area (Å²) in [6.07, 6.45) is 2.32. The van der Waals surface area contributed by atoms with Crippen LogP contribution in [0.25, 0.3) is 0 Å². The molecule has 3 aromatic carbocycles. The first kappa shape index (κ1) is 29.5. The van der Waals surface area contributed by atoms with Crippen LogP contribution < -0.4 is 14.5 Å². The minimum absolute atomic E-state index is 0.0118. The minimum Gasteiger partial charge on any atom is -0.503 e. The summed E-state index contributed by atoms with van der Waals surface area (Å²) in [6, 6.07) is 15.5. The van der Waals surface area contributed by atoms with Crippen molar-refractivity contribution in [2.45, 2.75) is 25.7 Å². The molecular weight excluding hydrogens is 622 g/mol. The third-order valence-corrected chi connectivity index (χ3v) is 10.6. The summed E-state index contributed by atoms with van der Waals surface area (Å²) in [5.74, 6) is -6.20. The monoisotopic (exact) mass is 648 g/mol. The van der Waals surface area contributed by atoms with Gasteiger partial charge in [-0.15, -0.1) is 0 Å². The number of imide groups is 2. The molecule has 45 heavy (non-hydrogen) atoms. The van der Waals surface area contributed by atoms with Crippen LogP contribution in [0.1, 0.15) is 31.2 Å². The number of hydrogen-bond donors (Lipinski definition) is 1. The van der Waals surface area contributed by atoms with Crippen molar-refractivity contribution >= 4 is 58.2 Å². The number of para-hydroxylation sites is 1. The number of allylic oxidation sites excluding steroid dienone is 2. The van der Waals surface area contributed by atoms with Crippen LogP contribution in [-0.2, 0) is 19.2 Å². The Morgan fingerprint density at radius 3 is 2.31 bits per heavy atom. The lowest BCUT2D eigenvalue weighted by Crippen LogP contribution is -2.48. The number of amides is 4. The molecule has 0 bridgehead atoms. The van der Waals surface area contributed by atoms with E-state index < -0.39 is 52.6 Å². The number of phenolic OH excluding ortho intramolecular Hbond substituents is 1. The number of ether oxygens (including phenoxy) is 1. The van der Waals surface area contributed by atoms with Gasteiger partial charge >= 0.3 is 0 Å². The van der Waals surface area contributed by atoms with Crippen LogP contribution in [0.3, 0.4) is 0 Å². The van der Waals surface area contributed by atoms with E-state index >= 15 is 0 Å². The molecule has 3 fully saturated rings. The highest BCUT2D eigenvalue weighted by molar-refractivity contribution is 6.32. The molecular formula is C34H27Cl2FN2O6. The number of nitrogens with zero attached hydrogens (tertiary/aromatic N) is 2. The minimum atomic E-state index is -1.37. The van der Waals surface area contributed by atoms with E-state index in [1.807, 2.05) is 6.08 Å². The molecule has 230 valence electrons. The van der Waals surface area contributed by atoms with E-state index in [1.54, 1.807) is 43.3 Å². The Labute approximate surface area is 268 Å². The van der Waals surface area contributed by atoms with Crippen LogP contribution in [0.2, 0.25) is 10.0 Å². The molecule has 7 rings (SSSR count). The molecule has 6 unspecified atom stereocenters. The molecule has 4 amide bonds. The van der Waals surface area contributed by atoms with Gasteiger partial charge in [0.2, 0.25) is 23.6 Å². The lowest BCUT2D eigenvalue weighted by Gasteiger charge is -2.49. The highest BCUT2D eigenvalue weighted by atomic mass is 35.5. The zero-order valence-corrected chi connectivity index (χ0v) is 25.7. The van der Waals surface area contributed by atoms with Gasteiger partial charge in [0.05, 0.1) is 51.7 Å². The van der Waals surface area contributed by atoms with Crippen molar-refractivity contribution in [3.05, 3.63) is 93.7 Å². The normalized spacial score (nSPS) is 29.0. The molecule has 0 aromatic heterocycles. The molecule has 1 N–H and O–H groups in total. The summed E-state index contributed by atoms with van der Waals surface area (Å²) in [7, 11) is 1.37. The number of methoxy groups -OCH3 is 1. The summed E-state index contributed by atoms with van der Waals surface area (Å²) in [5.41, 5.74) is 0.485. The molecule has 2 aliphatic heterocycles. The topological polar surface area (TPSA) is 104 Å². The number of rotatable bonds is 4. The first-order valence-electron chi connectivity index (χ1n) is 14.5. The zero-order valence-electron chi connectivity index (χ0n) is 24.2. The van der Waals surface area contributed by atoms with Crippen molar-refractivity contribution in [3.8, 4) is 11.5 Å². The van der Waals surface area contributed by atoms with Crippen LogP contribution >= 0.6 is 23.2 Å². The second-order valence-corrected chi connectivity index (χ2v) is 13.0. The number of hydrogen-bond acceptors (Lipinski definition) is 6. The molecule has 4 aliphatic rings. The first-order chi connectivity index (χ1) is 21.5. The SMILES string of the molecule is COc1cc(C2C3=CCC4C(=O)N(c5ccccc5)C(=O)C4C3CC3C(=O)N(c4ccc(F)c(Cl)c4)C(=O)C32C)cc(Cl)c1O. The smallest absolute Gasteiger partial charge is 0.241 e. The number of benzene rings is 3. The summed E-state index contributed by atoms with van der Waals surface area (Å²) in [5, 5.41) is 10.3. The van der Waals surface area contributed by atoms with E-state index in [-0.39, 0.29) is 51.9 Å². The molecule has 0 radical (unpaired) electrons. The molecule has 11 heteroatoms. The average Bonchev–Trinajstić information content (AvgIpc) is 3.39. The van der Waals surface area contributed by atoms with Gasteiger partial charge in [-0.3, -0.25) is 24.1 Å². The second kappa shape index (κ2) is 10.4. The molecule has 1 saturated carbocycles. The highest BCUT2D eigenvalue weighted by Crippen LogP contribution is 2.64. The van der Waals surface area contributed by atoms with Crippen LogP contribution in [0.5, 0.6) is 11.5 Å². The van der Waals surface area contributed by atoms with E-state index in [0.717, 1.165) is 16.5 Å². The number of anilines is 2. The fraction of sp³-hybridized carbons (Fsp3) is 0.294. The van der Waals surface area contributed by atoms with Crippen LogP contribution in [0, 0.1) is 34.9 Å². The average molecular weight is 650 g/mol. The lowest BCUT2D eigenvalue weighted by molar-refractivity contribution is -0.131. The van der Waals surface area contributed by atoms with E-state index in [2.05, 4.69) is 0 Å². The van der Waals surface area contributed by atoms with Crippen LogP contribution in [0.15, 0.2) is 72.3 Å². The maximum atomic E-state index is 14.5. The summed E-state index contributed by atoms with van der Waals surface area (Å²) >= 11 is 12.5. The number of phenols is 1. The molecule has 2 saturated heterocycles. The number of aromatic hydroxyl groups is 1. The third kappa shape index (κ3) is 4.10. The van der Waals surface area contributed by atoms with Gasteiger partial charge in [-0.1, -0.05) is 53.1 Å². The van der Waals surface area contributed by atoms with Crippen molar-refractivity contribution in [3.63, 3.8) is 0 Å². The zero-order chi connectivity index (χ0) is 31.9. The Hall–Kier alpha value is -4.21. The largest absolute Gasteiger partial charge is 0.503 e.